The van der Waals surface area contributed by atoms with E-state index in [0.29, 0.717) is 12.5 Å². The van der Waals surface area contributed by atoms with Crippen molar-refractivity contribution in [2.24, 2.45) is 0 Å². The summed E-state index contributed by atoms with van der Waals surface area (Å²) < 4.78 is 0. The van der Waals surface area contributed by atoms with Crippen LogP contribution in [0.25, 0.3) is 0 Å². The number of likely N-dealkylation sites (tertiary alicyclic amines) is 1. The van der Waals surface area contributed by atoms with E-state index in [4.69, 9.17) is 0 Å². The van der Waals surface area contributed by atoms with E-state index in [2.05, 4.69) is 43.2 Å². The minimum atomic E-state index is 0.0711. The highest BCUT2D eigenvalue weighted by molar-refractivity contribution is 5.78. The Hall–Kier alpha value is -1.36. The molecule has 0 unspecified atom stereocenters. The maximum absolute atomic E-state index is 11.6. The first-order valence-corrected chi connectivity index (χ1v) is 7.42. The van der Waals surface area contributed by atoms with Gasteiger partial charge in [0.05, 0.1) is 6.20 Å². The van der Waals surface area contributed by atoms with Gasteiger partial charge in [-0.15, -0.1) is 0 Å². The van der Waals surface area contributed by atoms with Crippen molar-refractivity contribution in [2.75, 3.05) is 13.1 Å². The summed E-state index contributed by atoms with van der Waals surface area (Å²) in [5, 5.41) is 10.7. The zero-order valence-electron chi connectivity index (χ0n) is 13.0. The summed E-state index contributed by atoms with van der Waals surface area (Å²) in [5.41, 5.74) is 2.45. The van der Waals surface area contributed by atoms with Gasteiger partial charge in [-0.05, 0) is 13.3 Å². The fraction of sp³-hybridized carbons (Fsp3) is 0.733. The van der Waals surface area contributed by atoms with Crippen LogP contribution in [0.4, 0.5) is 0 Å². The van der Waals surface area contributed by atoms with E-state index < -0.39 is 0 Å². The Balaban J connectivity index is 1.86. The van der Waals surface area contributed by atoms with Gasteiger partial charge in [-0.1, -0.05) is 20.8 Å². The van der Waals surface area contributed by atoms with Crippen molar-refractivity contribution in [3.05, 3.63) is 17.5 Å². The Morgan fingerprint density at radius 3 is 2.85 bits per heavy atom. The van der Waals surface area contributed by atoms with Gasteiger partial charge in [0.2, 0.25) is 5.91 Å². The lowest BCUT2D eigenvalue weighted by atomic mass is 9.89. The molecule has 1 aliphatic heterocycles. The van der Waals surface area contributed by atoms with Gasteiger partial charge in [-0.3, -0.25) is 9.89 Å². The zero-order valence-corrected chi connectivity index (χ0v) is 13.0. The number of rotatable bonds is 5. The zero-order chi connectivity index (χ0) is 14.8. The fourth-order valence-electron chi connectivity index (χ4n) is 2.67. The van der Waals surface area contributed by atoms with Gasteiger partial charge in [0.25, 0.3) is 0 Å². The van der Waals surface area contributed by atoms with Crippen molar-refractivity contribution in [3.63, 3.8) is 0 Å². The van der Waals surface area contributed by atoms with Crippen LogP contribution >= 0.6 is 0 Å². The van der Waals surface area contributed by atoms with Crippen LogP contribution in [0.1, 0.15) is 51.8 Å². The first kappa shape index (κ1) is 15.0. The van der Waals surface area contributed by atoms with Crippen molar-refractivity contribution in [1.82, 2.24) is 20.4 Å². The molecule has 5 heteroatoms. The second-order valence-electron chi connectivity index (χ2n) is 6.75. The van der Waals surface area contributed by atoms with Crippen LogP contribution in [0, 0.1) is 0 Å². The molecule has 1 saturated heterocycles. The van der Waals surface area contributed by atoms with Crippen LogP contribution in [0.2, 0.25) is 0 Å². The second kappa shape index (κ2) is 5.95. The maximum atomic E-state index is 11.6. The smallest absolute Gasteiger partial charge is 0.222 e. The van der Waals surface area contributed by atoms with Crippen LogP contribution in [0.3, 0.4) is 0 Å². The molecule has 112 valence electrons. The van der Waals surface area contributed by atoms with E-state index in [1.165, 1.54) is 11.3 Å². The normalized spacial score (nSPS) is 17.8. The summed E-state index contributed by atoms with van der Waals surface area (Å²) in [7, 11) is 0. The predicted molar refractivity (Wildman–Crippen MR) is 79.4 cm³/mol. The van der Waals surface area contributed by atoms with Crippen LogP contribution in [0.15, 0.2) is 6.20 Å². The summed E-state index contributed by atoms with van der Waals surface area (Å²) in [4.78, 5) is 13.6. The first-order valence-electron chi connectivity index (χ1n) is 7.42. The number of carbonyl (C=O) groups excluding carboxylic acids is 1. The third-order valence-corrected chi connectivity index (χ3v) is 3.77. The van der Waals surface area contributed by atoms with E-state index in [1.54, 1.807) is 0 Å². The van der Waals surface area contributed by atoms with Crippen molar-refractivity contribution < 1.29 is 4.79 Å². The molecule has 0 bridgehead atoms. The number of H-pyrrole nitrogens is 1. The number of nitrogens with one attached hydrogen (secondary N) is 2. The highest BCUT2D eigenvalue weighted by Gasteiger charge is 2.23. The molecule has 1 aromatic rings. The molecule has 0 spiro atoms. The lowest BCUT2D eigenvalue weighted by molar-refractivity contribution is -0.127. The molecular formula is C15H26N4O. The van der Waals surface area contributed by atoms with Crippen LogP contribution in [-0.4, -0.2) is 40.1 Å². The van der Waals surface area contributed by atoms with Crippen LogP contribution < -0.4 is 5.32 Å². The molecule has 1 amide bonds. The maximum Gasteiger partial charge on any atom is 0.222 e. The molecule has 0 radical (unpaired) electrons. The third-order valence-electron chi connectivity index (χ3n) is 3.77. The number of hydrogen-bond acceptors (Lipinski definition) is 3. The highest BCUT2D eigenvalue weighted by atomic mass is 16.2. The molecule has 1 aliphatic rings. The van der Waals surface area contributed by atoms with E-state index in [0.717, 1.165) is 26.1 Å². The van der Waals surface area contributed by atoms with Crippen LogP contribution in [-0.2, 0) is 16.8 Å². The Bertz CT molecular complexity index is 461. The van der Waals surface area contributed by atoms with E-state index in [1.807, 2.05) is 11.1 Å². The molecular weight excluding hydrogens is 252 g/mol. The largest absolute Gasteiger partial charge is 0.341 e. The van der Waals surface area contributed by atoms with Crippen molar-refractivity contribution in [3.8, 4) is 0 Å². The van der Waals surface area contributed by atoms with Gasteiger partial charge in [0.15, 0.2) is 0 Å². The predicted octanol–water partition coefficient (Wildman–Crippen LogP) is 1.81. The van der Waals surface area contributed by atoms with Crippen molar-refractivity contribution >= 4 is 5.91 Å². The standard InChI is InChI=1S/C15H26N4O/c1-11(10-19-7-5-6-13(19)20)16-8-12-9-17-18-14(12)15(2,3)4/h9,11,16H,5-8,10H2,1-4H3,(H,17,18)/t11-/m1/s1. The first-order chi connectivity index (χ1) is 9.38. The minimum Gasteiger partial charge on any atom is -0.341 e. The van der Waals surface area contributed by atoms with E-state index in [-0.39, 0.29) is 11.3 Å². The molecule has 2 heterocycles. The van der Waals surface area contributed by atoms with Gasteiger partial charge in [-0.25, -0.2) is 0 Å². The number of aromatic nitrogens is 2. The summed E-state index contributed by atoms with van der Waals surface area (Å²) in [6.07, 6.45) is 3.60. The molecule has 2 N–H and O–H groups in total. The lowest BCUT2D eigenvalue weighted by Crippen LogP contribution is -2.39. The van der Waals surface area contributed by atoms with E-state index in [9.17, 15) is 4.79 Å². The molecule has 0 aliphatic carbocycles. The molecule has 1 fully saturated rings. The Labute approximate surface area is 121 Å². The molecule has 1 atom stereocenters. The number of amides is 1. The van der Waals surface area contributed by atoms with Crippen LogP contribution in [0.5, 0.6) is 0 Å². The Morgan fingerprint density at radius 1 is 1.50 bits per heavy atom. The average molecular weight is 278 g/mol. The molecule has 20 heavy (non-hydrogen) atoms. The summed E-state index contributed by atoms with van der Waals surface area (Å²) >= 11 is 0. The van der Waals surface area contributed by atoms with Gasteiger partial charge in [0.1, 0.15) is 0 Å². The molecule has 5 nitrogen and oxygen atoms in total. The summed E-state index contributed by atoms with van der Waals surface area (Å²) in [6, 6.07) is 0.291. The van der Waals surface area contributed by atoms with Gasteiger partial charge in [0, 0.05) is 48.8 Å². The van der Waals surface area contributed by atoms with Crippen molar-refractivity contribution in [2.45, 2.75) is 58.5 Å². The summed E-state index contributed by atoms with van der Waals surface area (Å²) in [6.45, 7) is 11.1. The molecule has 1 aromatic heterocycles. The quantitative estimate of drug-likeness (QED) is 0.863. The monoisotopic (exact) mass is 278 g/mol. The topological polar surface area (TPSA) is 61.0 Å². The Kier molecular flexibility index (Phi) is 4.48. The van der Waals surface area contributed by atoms with Gasteiger partial charge >= 0.3 is 0 Å². The second-order valence-corrected chi connectivity index (χ2v) is 6.75. The third kappa shape index (κ3) is 3.60. The Morgan fingerprint density at radius 2 is 2.25 bits per heavy atom. The number of nitrogens with zero attached hydrogens (tertiary/aromatic N) is 2. The number of hydrogen-bond donors (Lipinski definition) is 2. The minimum absolute atomic E-state index is 0.0711. The van der Waals surface area contributed by atoms with Gasteiger partial charge < -0.3 is 10.2 Å². The molecule has 2 rings (SSSR count). The molecule has 0 saturated carbocycles. The van der Waals surface area contributed by atoms with Crippen molar-refractivity contribution in [1.29, 1.82) is 0 Å². The summed E-state index contributed by atoms with van der Waals surface area (Å²) in [5.74, 6) is 0.289. The van der Waals surface area contributed by atoms with E-state index >= 15 is 0 Å². The molecule has 0 aromatic carbocycles. The highest BCUT2D eigenvalue weighted by Crippen LogP contribution is 2.23. The van der Waals surface area contributed by atoms with Gasteiger partial charge in [-0.2, -0.15) is 5.10 Å². The lowest BCUT2D eigenvalue weighted by Gasteiger charge is -2.23. The number of carbonyl (C=O) groups is 1. The average Bonchev–Trinajstić information content (AvgIpc) is 2.96. The SMILES string of the molecule is C[C@H](CN1CCCC1=O)NCc1cn[nH]c1C(C)(C)C. The fourth-order valence-corrected chi connectivity index (χ4v) is 2.67. The number of aromatic amines is 1.